The van der Waals surface area contributed by atoms with Crippen LogP contribution in [0.1, 0.15) is 42.6 Å². The lowest BCUT2D eigenvalue weighted by atomic mass is 9.98. The van der Waals surface area contributed by atoms with Crippen molar-refractivity contribution in [1.29, 1.82) is 0 Å². The molecule has 1 amide bonds. The summed E-state index contributed by atoms with van der Waals surface area (Å²) < 4.78 is 0. The predicted molar refractivity (Wildman–Crippen MR) is 68.2 cm³/mol. The number of aromatic nitrogens is 2. The summed E-state index contributed by atoms with van der Waals surface area (Å²) in [6.45, 7) is 3.84. The van der Waals surface area contributed by atoms with Crippen LogP contribution in [0.3, 0.4) is 0 Å². The molecule has 1 fully saturated rings. The maximum atomic E-state index is 12.1. The van der Waals surface area contributed by atoms with Gasteiger partial charge in [-0.1, -0.05) is 12.8 Å². The van der Waals surface area contributed by atoms with E-state index in [1.165, 1.54) is 0 Å². The molecule has 0 unspecified atom stereocenters. The fourth-order valence-corrected chi connectivity index (χ4v) is 2.71. The summed E-state index contributed by atoms with van der Waals surface area (Å²) in [5, 5.41) is 19.4. The number of nitrogens with zero attached hydrogens (tertiary/aromatic N) is 1. The van der Waals surface area contributed by atoms with E-state index in [0.29, 0.717) is 6.42 Å². The molecule has 5 nitrogen and oxygen atoms in total. The van der Waals surface area contributed by atoms with Gasteiger partial charge in [-0.05, 0) is 26.7 Å². The quantitative estimate of drug-likeness (QED) is 0.746. The number of nitrogens with one attached hydrogen (secondary N) is 2. The van der Waals surface area contributed by atoms with Crippen LogP contribution < -0.4 is 5.32 Å². The predicted octanol–water partition coefficient (Wildman–Crippen LogP) is 0.990. The Hall–Kier alpha value is -1.36. The molecule has 0 bridgehead atoms. The van der Waals surface area contributed by atoms with Crippen molar-refractivity contribution in [3.8, 4) is 0 Å². The van der Waals surface area contributed by atoms with E-state index in [-0.39, 0.29) is 18.1 Å². The Morgan fingerprint density at radius 2 is 2.11 bits per heavy atom. The van der Waals surface area contributed by atoms with Gasteiger partial charge < -0.3 is 10.4 Å². The molecule has 18 heavy (non-hydrogen) atoms. The van der Waals surface area contributed by atoms with Crippen LogP contribution in [0, 0.1) is 13.8 Å². The molecule has 100 valence electrons. The van der Waals surface area contributed by atoms with Gasteiger partial charge in [-0.3, -0.25) is 9.89 Å². The Balaban J connectivity index is 2.00. The van der Waals surface area contributed by atoms with Gasteiger partial charge in [0.05, 0.1) is 24.3 Å². The monoisotopic (exact) mass is 251 g/mol. The van der Waals surface area contributed by atoms with Crippen LogP contribution in [-0.4, -0.2) is 33.4 Å². The molecule has 0 radical (unpaired) electrons. The highest BCUT2D eigenvalue weighted by Gasteiger charge is 2.34. The maximum absolute atomic E-state index is 12.1. The number of aryl methyl sites for hydroxylation is 2. The number of aromatic amines is 1. The molecule has 0 saturated heterocycles. The zero-order valence-electron chi connectivity index (χ0n) is 11.0. The molecule has 0 spiro atoms. The third-order valence-corrected chi connectivity index (χ3v) is 3.89. The van der Waals surface area contributed by atoms with Crippen molar-refractivity contribution in [1.82, 2.24) is 15.5 Å². The fraction of sp³-hybridized carbons (Fsp3) is 0.692. The first-order valence-corrected chi connectivity index (χ1v) is 6.49. The number of rotatable bonds is 4. The maximum Gasteiger partial charge on any atom is 0.225 e. The van der Waals surface area contributed by atoms with Crippen molar-refractivity contribution in [2.75, 3.05) is 6.61 Å². The SMILES string of the molecule is Cc1n[nH]c(C)c1CC(=O)NC1(CO)CCCC1. The average Bonchev–Trinajstić information content (AvgIpc) is 2.92. The third kappa shape index (κ3) is 2.56. The van der Waals surface area contributed by atoms with E-state index in [9.17, 15) is 9.90 Å². The van der Waals surface area contributed by atoms with Crippen LogP contribution in [0.25, 0.3) is 0 Å². The summed E-state index contributed by atoms with van der Waals surface area (Å²) in [6.07, 6.45) is 4.22. The van der Waals surface area contributed by atoms with Gasteiger partial charge in [-0.15, -0.1) is 0 Å². The van der Waals surface area contributed by atoms with E-state index in [4.69, 9.17) is 0 Å². The van der Waals surface area contributed by atoms with Gasteiger partial charge >= 0.3 is 0 Å². The van der Waals surface area contributed by atoms with E-state index in [1.807, 2.05) is 13.8 Å². The van der Waals surface area contributed by atoms with E-state index < -0.39 is 0 Å². The lowest BCUT2D eigenvalue weighted by Gasteiger charge is -2.28. The molecule has 1 aromatic heterocycles. The molecular formula is C13H21N3O2. The number of carbonyl (C=O) groups excluding carboxylic acids is 1. The molecule has 1 aromatic rings. The molecule has 1 aliphatic carbocycles. The molecule has 0 atom stereocenters. The molecule has 2 rings (SSSR count). The largest absolute Gasteiger partial charge is 0.394 e. The molecule has 3 N–H and O–H groups in total. The number of hydrogen-bond acceptors (Lipinski definition) is 3. The Kier molecular flexibility index (Phi) is 3.71. The minimum absolute atomic E-state index is 0.0291. The van der Waals surface area contributed by atoms with Crippen LogP contribution in [0.4, 0.5) is 0 Å². The number of amides is 1. The van der Waals surface area contributed by atoms with Crippen LogP contribution in [-0.2, 0) is 11.2 Å². The number of carbonyl (C=O) groups is 1. The fourth-order valence-electron chi connectivity index (χ4n) is 2.71. The van der Waals surface area contributed by atoms with Crippen LogP contribution in [0.5, 0.6) is 0 Å². The zero-order valence-corrected chi connectivity index (χ0v) is 11.0. The van der Waals surface area contributed by atoms with E-state index >= 15 is 0 Å². The van der Waals surface area contributed by atoms with E-state index in [0.717, 1.165) is 42.6 Å². The summed E-state index contributed by atoms with van der Waals surface area (Å²) in [6, 6.07) is 0. The molecule has 1 saturated carbocycles. The van der Waals surface area contributed by atoms with E-state index in [2.05, 4.69) is 15.5 Å². The van der Waals surface area contributed by atoms with Gasteiger partial charge in [0.25, 0.3) is 0 Å². The topological polar surface area (TPSA) is 78.0 Å². The summed E-state index contributed by atoms with van der Waals surface area (Å²) in [5.41, 5.74) is 2.38. The van der Waals surface area contributed by atoms with E-state index in [1.54, 1.807) is 0 Å². The highest BCUT2D eigenvalue weighted by molar-refractivity contribution is 5.80. The second-order valence-corrected chi connectivity index (χ2v) is 5.28. The van der Waals surface area contributed by atoms with Gasteiger partial charge in [0.1, 0.15) is 0 Å². The highest BCUT2D eigenvalue weighted by Crippen LogP contribution is 2.29. The molecule has 1 heterocycles. The number of aliphatic hydroxyl groups excluding tert-OH is 1. The molecule has 1 aliphatic rings. The number of H-pyrrole nitrogens is 1. The summed E-state index contributed by atoms with van der Waals surface area (Å²) in [4.78, 5) is 12.1. The van der Waals surface area contributed by atoms with Crippen molar-refractivity contribution in [2.45, 2.75) is 51.5 Å². The van der Waals surface area contributed by atoms with Gasteiger partial charge in [-0.2, -0.15) is 5.10 Å². The average molecular weight is 251 g/mol. The Bertz CT molecular complexity index is 414. The van der Waals surface area contributed by atoms with Crippen molar-refractivity contribution in [2.24, 2.45) is 0 Å². The molecule has 5 heteroatoms. The smallest absolute Gasteiger partial charge is 0.225 e. The first kappa shape index (κ1) is 13.1. The number of aliphatic hydroxyl groups is 1. The standard InChI is InChI=1S/C13H21N3O2/c1-9-11(10(2)16-15-9)7-12(18)14-13(8-17)5-3-4-6-13/h17H,3-8H2,1-2H3,(H,14,18)(H,15,16). The van der Waals surface area contributed by atoms with Crippen molar-refractivity contribution >= 4 is 5.91 Å². The summed E-state index contributed by atoms with van der Waals surface area (Å²) >= 11 is 0. The first-order valence-electron chi connectivity index (χ1n) is 6.49. The third-order valence-electron chi connectivity index (χ3n) is 3.89. The molecule has 0 aromatic carbocycles. The van der Waals surface area contributed by atoms with Crippen LogP contribution in [0.15, 0.2) is 0 Å². The summed E-state index contributed by atoms with van der Waals surface area (Å²) in [5.74, 6) is -0.0291. The molecule has 0 aliphatic heterocycles. The van der Waals surface area contributed by atoms with Crippen molar-refractivity contribution in [3.63, 3.8) is 0 Å². The van der Waals surface area contributed by atoms with Gasteiger partial charge in [0.15, 0.2) is 0 Å². The van der Waals surface area contributed by atoms with Crippen LogP contribution >= 0.6 is 0 Å². The first-order chi connectivity index (χ1) is 8.56. The van der Waals surface area contributed by atoms with Crippen LogP contribution in [0.2, 0.25) is 0 Å². The second kappa shape index (κ2) is 5.10. The van der Waals surface area contributed by atoms with Gasteiger partial charge in [0, 0.05) is 11.3 Å². The Morgan fingerprint density at radius 1 is 1.44 bits per heavy atom. The minimum atomic E-state index is -0.386. The van der Waals surface area contributed by atoms with Gasteiger partial charge in [0.2, 0.25) is 5.91 Å². The lowest BCUT2D eigenvalue weighted by Crippen LogP contribution is -2.49. The summed E-state index contributed by atoms with van der Waals surface area (Å²) in [7, 11) is 0. The Labute approximate surface area is 107 Å². The Morgan fingerprint density at radius 3 is 2.61 bits per heavy atom. The van der Waals surface area contributed by atoms with Crippen molar-refractivity contribution < 1.29 is 9.90 Å². The van der Waals surface area contributed by atoms with Crippen molar-refractivity contribution in [3.05, 3.63) is 17.0 Å². The second-order valence-electron chi connectivity index (χ2n) is 5.28. The zero-order chi connectivity index (χ0) is 13.2. The highest BCUT2D eigenvalue weighted by atomic mass is 16.3. The normalized spacial score (nSPS) is 17.9. The number of hydrogen-bond donors (Lipinski definition) is 3. The molecular weight excluding hydrogens is 230 g/mol. The lowest BCUT2D eigenvalue weighted by molar-refractivity contribution is -0.122. The minimum Gasteiger partial charge on any atom is -0.394 e. The van der Waals surface area contributed by atoms with Gasteiger partial charge in [-0.25, -0.2) is 0 Å².